The molecule has 0 atom stereocenters. The van der Waals surface area contributed by atoms with Crippen molar-refractivity contribution in [3.8, 4) is 5.75 Å². The van der Waals surface area contributed by atoms with E-state index < -0.39 is 4.92 Å². The smallest absolute Gasteiger partial charge is 0.273 e. The van der Waals surface area contributed by atoms with Crippen LogP contribution in [-0.4, -0.2) is 12.0 Å². The van der Waals surface area contributed by atoms with Crippen LogP contribution in [0.4, 0.5) is 11.4 Å². The first-order valence-corrected chi connectivity index (χ1v) is 7.12. The van der Waals surface area contributed by atoms with Crippen LogP contribution in [0.2, 0.25) is 0 Å². The fraction of sp³-hybridized carbons (Fsp3) is 0.200. The van der Waals surface area contributed by atoms with Gasteiger partial charge in [-0.15, -0.1) is 0 Å². The summed E-state index contributed by atoms with van der Waals surface area (Å²) in [7, 11) is 1.49. The van der Waals surface area contributed by atoms with Crippen LogP contribution in [0.5, 0.6) is 5.75 Å². The molecule has 0 aliphatic carbocycles. The Kier molecular flexibility index (Phi) is 4.80. The number of nitro groups is 1. The van der Waals surface area contributed by atoms with Gasteiger partial charge in [0.2, 0.25) is 0 Å². The number of methoxy groups -OCH3 is 1. The zero-order chi connectivity index (χ0) is 15.4. The first-order valence-electron chi connectivity index (χ1n) is 6.32. The molecule has 0 amide bonds. The molecule has 21 heavy (non-hydrogen) atoms. The molecule has 0 bridgehead atoms. The topological polar surface area (TPSA) is 64.4 Å². The van der Waals surface area contributed by atoms with E-state index in [1.165, 1.54) is 19.2 Å². The summed E-state index contributed by atoms with van der Waals surface area (Å²) in [5.74, 6) is 0.457. The number of anilines is 1. The van der Waals surface area contributed by atoms with Crippen LogP contribution in [0.3, 0.4) is 0 Å². The lowest BCUT2D eigenvalue weighted by atomic mass is 10.1. The molecule has 1 N–H and O–H groups in total. The number of ether oxygens (including phenoxy) is 1. The molecule has 0 saturated carbocycles. The minimum atomic E-state index is -0.440. The first-order chi connectivity index (χ1) is 10.0. The Balaban J connectivity index is 2.15. The molecule has 0 aliphatic heterocycles. The van der Waals surface area contributed by atoms with Gasteiger partial charge in [-0.2, -0.15) is 0 Å². The van der Waals surface area contributed by atoms with Crippen molar-refractivity contribution >= 4 is 27.3 Å². The monoisotopic (exact) mass is 350 g/mol. The summed E-state index contributed by atoms with van der Waals surface area (Å²) in [6, 6.07) is 10.6. The fourth-order valence-corrected chi connectivity index (χ4v) is 2.20. The fourth-order valence-electron chi connectivity index (χ4n) is 1.95. The highest BCUT2D eigenvalue weighted by atomic mass is 79.9. The maximum absolute atomic E-state index is 10.8. The van der Waals surface area contributed by atoms with Crippen molar-refractivity contribution in [1.29, 1.82) is 0 Å². The number of halogens is 1. The van der Waals surface area contributed by atoms with Gasteiger partial charge in [0.05, 0.1) is 23.8 Å². The number of rotatable bonds is 5. The Morgan fingerprint density at radius 3 is 2.67 bits per heavy atom. The highest BCUT2D eigenvalue weighted by Gasteiger charge is 2.11. The van der Waals surface area contributed by atoms with E-state index in [9.17, 15) is 10.1 Å². The molecule has 2 aromatic rings. The third-order valence-corrected chi connectivity index (χ3v) is 3.99. The summed E-state index contributed by atoms with van der Waals surface area (Å²) in [6.45, 7) is 2.64. The van der Waals surface area contributed by atoms with E-state index in [2.05, 4.69) is 27.3 Å². The molecule has 110 valence electrons. The molecule has 0 aliphatic rings. The standard InChI is InChI=1S/C15H15BrN2O3/c1-10-7-11(3-5-13(10)16)9-17-14-6-4-12(18(19)20)8-15(14)21-2/h3-8,17H,9H2,1-2H3. The van der Waals surface area contributed by atoms with Crippen LogP contribution in [0, 0.1) is 17.0 Å². The largest absolute Gasteiger partial charge is 0.494 e. The number of nitrogens with one attached hydrogen (secondary N) is 1. The van der Waals surface area contributed by atoms with E-state index >= 15 is 0 Å². The molecule has 6 heteroatoms. The Labute approximate surface area is 131 Å². The zero-order valence-corrected chi connectivity index (χ0v) is 13.3. The lowest BCUT2D eigenvalue weighted by Gasteiger charge is -2.11. The van der Waals surface area contributed by atoms with Crippen LogP contribution < -0.4 is 10.1 Å². The third kappa shape index (κ3) is 3.72. The summed E-state index contributed by atoms with van der Waals surface area (Å²) in [4.78, 5) is 10.3. The number of benzene rings is 2. The predicted octanol–water partition coefficient (Wildman–Crippen LogP) is 4.29. The summed E-state index contributed by atoms with van der Waals surface area (Å²) in [6.07, 6.45) is 0. The second kappa shape index (κ2) is 6.58. The maximum atomic E-state index is 10.8. The molecule has 5 nitrogen and oxygen atoms in total. The molecule has 0 fully saturated rings. The number of nitro benzene ring substituents is 1. The second-order valence-corrected chi connectivity index (χ2v) is 5.43. The summed E-state index contributed by atoms with van der Waals surface area (Å²) in [5, 5.41) is 14.0. The quantitative estimate of drug-likeness (QED) is 0.645. The Hall–Kier alpha value is -2.08. The van der Waals surface area contributed by atoms with E-state index in [-0.39, 0.29) is 5.69 Å². The number of non-ortho nitro benzene ring substituents is 1. The van der Waals surface area contributed by atoms with Crippen LogP contribution in [0.25, 0.3) is 0 Å². The normalized spacial score (nSPS) is 10.2. The highest BCUT2D eigenvalue weighted by molar-refractivity contribution is 9.10. The van der Waals surface area contributed by atoms with Crippen molar-refractivity contribution in [3.63, 3.8) is 0 Å². The predicted molar refractivity (Wildman–Crippen MR) is 85.9 cm³/mol. The van der Waals surface area contributed by atoms with Crippen LogP contribution in [-0.2, 0) is 6.54 Å². The van der Waals surface area contributed by atoms with Gasteiger partial charge in [0.15, 0.2) is 0 Å². The maximum Gasteiger partial charge on any atom is 0.273 e. The Morgan fingerprint density at radius 1 is 1.29 bits per heavy atom. The molecule has 0 heterocycles. The summed E-state index contributed by atoms with van der Waals surface area (Å²) in [5.41, 5.74) is 3.02. The van der Waals surface area contributed by atoms with Gasteiger partial charge < -0.3 is 10.1 Å². The average Bonchev–Trinajstić information content (AvgIpc) is 2.48. The van der Waals surface area contributed by atoms with Gasteiger partial charge in [-0.05, 0) is 30.2 Å². The molecule has 0 spiro atoms. The number of nitrogens with zero attached hydrogens (tertiary/aromatic N) is 1. The van der Waals surface area contributed by atoms with Gasteiger partial charge >= 0.3 is 0 Å². The minimum absolute atomic E-state index is 0.0110. The van der Waals surface area contributed by atoms with Gasteiger partial charge in [0.1, 0.15) is 5.75 Å². The molecule has 0 aromatic heterocycles. The minimum Gasteiger partial charge on any atom is -0.494 e. The van der Waals surface area contributed by atoms with Gasteiger partial charge in [0.25, 0.3) is 5.69 Å². The highest BCUT2D eigenvalue weighted by Crippen LogP contribution is 2.29. The van der Waals surface area contributed by atoms with E-state index in [4.69, 9.17) is 4.74 Å². The molecule has 0 unspecified atom stereocenters. The molecular formula is C15H15BrN2O3. The molecule has 0 saturated heterocycles. The molecule has 0 radical (unpaired) electrons. The summed E-state index contributed by atoms with van der Waals surface area (Å²) >= 11 is 3.47. The first kappa shape index (κ1) is 15.3. The molecule has 2 aromatic carbocycles. The average molecular weight is 351 g/mol. The van der Waals surface area contributed by atoms with Crippen molar-refractivity contribution in [2.24, 2.45) is 0 Å². The van der Waals surface area contributed by atoms with Crippen LogP contribution in [0.15, 0.2) is 40.9 Å². The number of hydrogen-bond donors (Lipinski definition) is 1. The summed E-state index contributed by atoms with van der Waals surface area (Å²) < 4.78 is 6.26. The van der Waals surface area contributed by atoms with Crippen LogP contribution >= 0.6 is 15.9 Å². The van der Waals surface area contributed by atoms with Crippen LogP contribution in [0.1, 0.15) is 11.1 Å². The SMILES string of the molecule is COc1cc([N+](=O)[O-])ccc1NCc1ccc(Br)c(C)c1. The molecular weight excluding hydrogens is 336 g/mol. The van der Waals surface area contributed by atoms with Crippen molar-refractivity contribution < 1.29 is 9.66 Å². The zero-order valence-electron chi connectivity index (χ0n) is 11.7. The van der Waals surface area contributed by atoms with Crippen molar-refractivity contribution in [3.05, 3.63) is 62.1 Å². The van der Waals surface area contributed by atoms with Crippen molar-refractivity contribution in [2.75, 3.05) is 12.4 Å². The Bertz CT molecular complexity index is 674. The number of hydrogen-bond acceptors (Lipinski definition) is 4. The molecule has 2 rings (SSSR count). The van der Waals surface area contributed by atoms with E-state index in [0.29, 0.717) is 12.3 Å². The van der Waals surface area contributed by atoms with Gasteiger partial charge in [-0.25, -0.2) is 0 Å². The van der Waals surface area contributed by atoms with Crippen molar-refractivity contribution in [2.45, 2.75) is 13.5 Å². The van der Waals surface area contributed by atoms with Gasteiger partial charge in [-0.3, -0.25) is 10.1 Å². The number of aryl methyl sites for hydroxylation is 1. The van der Waals surface area contributed by atoms with E-state index in [0.717, 1.165) is 21.3 Å². The second-order valence-electron chi connectivity index (χ2n) is 4.58. The third-order valence-electron chi connectivity index (χ3n) is 3.10. The van der Waals surface area contributed by atoms with E-state index in [1.807, 2.05) is 19.1 Å². The van der Waals surface area contributed by atoms with Gasteiger partial charge in [0, 0.05) is 17.1 Å². The lowest BCUT2D eigenvalue weighted by Crippen LogP contribution is -2.02. The van der Waals surface area contributed by atoms with E-state index in [1.54, 1.807) is 6.07 Å². The lowest BCUT2D eigenvalue weighted by molar-refractivity contribution is -0.384. The van der Waals surface area contributed by atoms with Crippen molar-refractivity contribution in [1.82, 2.24) is 0 Å². The Morgan fingerprint density at radius 2 is 2.05 bits per heavy atom. The van der Waals surface area contributed by atoms with Gasteiger partial charge in [-0.1, -0.05) is 28.1 Å².